The molecule has 0 aliphatic heterocycles. The lowest BCUT2D eigenvalue weighted by Crippen LogP contribution is -2.33. The highest BCUT2D eigenvalue weighted by molar-refractivity contribution is 7.89. The van der Waals surface area contributed by atoms with Crippen LogP contribution in [-0.4, -0.2) is 19.6 Å². The Labute approximate surface area is 122 Å². The number of benzene rings is 1. The Morgan fingerprint density at radius 1 is 1.25 bits per heavy atom. The molecular weight excluding hydrogens is 274 g/mol. The molecular formula is C15H25NO3S. The van der Waals surface area contributed by atoms with E-state index in [2.05, 4.69) is 18.6 Å². The molecule has 0 fully saturated rings. The van der Waals surface area contributed by atoms with E-state index in [-0.39, 0.29) is 10.9 Å². The van der Waals surface area contributed by atoms with Crippen LogP contribution in [0.1, 0.15) is 52.2 Å². The minimum atomic E-state index is -3.53. The molecule has 1 aromatic carbocycles. The van der Waals surface area contributed by atoms with Crippen molar-refractivity contribution in [1.82, 2.24) is 4.72 Å². The summed E-state index contributed by atoms with van der Waals surface area (Å²) in [6, 6.07) is 6.32. The van der Waals surface area contributed by atoms with E-state index < -0.39 is 16.1 Å². The number of hydrogen-bond donors (Lipinski definition) is 2. The van der Waals surface area contributed by atoms with Gasteiger partial charge < -0.3 is 5.11 Å². The number of aliphatic hydroxyl groups excluding tert-OH is 1. The zero-order valence-corrected chi connectivity index (χ0v) is 13.4. The van der Waals surface area contributed by atoms with Gasteiger partial charge in [0.05, 0.1) is 11.0 Å². The van der Waals surface area contributed by atoms with Gasteiger partial charge in [0.25, 0.3) is 0 Å². The van der Waals surface area contributed by atoms with Crippen molar-refractivity contribution in [1.29, 1.82) is 0 Å². The molecule has 3 atom stereocenters. The lowest BCUT2D eigenvalue weighted by atomic mass is 10.0. The summed E-state index contributed by atoms with van der Waals surface area (Å²) in [5, 5.41) is 9.53. The van der Waals surface area contributed by atoms with Crippen molar-refractivity contribution in [3.8, 4) is 0 Å². The van der Waals surface area contributed by atoms with Crippen LogP contribution in [0.25, 0.3) is 0 Å². The predicted octanol–water partition coefficient (Wildman–Crippen LogP) is 2.84. The molecule has 0 spiro atoms. The number of aliphatic hydroxyl groups is 1. The maximum absolute atomic E-state index is 12.3. The Balaban J connectivity index is 2.86. The number of sulfonamides is 1. The molecule has 0 saturated carbocycles. The molecule has 0 saturated heterocycles. The highest BCUT2D eigenvalue weighted by atomic mass is 32.2. The molecule has 2 N–H and O–H groups in total. The fourth-order valence-corrected chi connectivity index (χ4v) is 3.40. The third-order valence-corrected chi connectivity index (χ3v) is 5.05. The van der Waals surface area contributed by atoms with Crippen LogP contribution in [0.2, 0.25) is 0 Å². The Morgan fingerprint density at radius 2 is 1.90 bits per heavy atom. The van der Waals surface area contributed by atoms with Gasteiger partial charge in [0.1, 0.15) is 0 Å². The van der Waals surface area contributed by atoms with Gasteiger partial charge in [0.2, 0.25) is 10.0 Å². The Kier molecular flexibility index (Phi) is 6.17. The second-order valence-corrected chi connectivity index (χ2v) is 7.23. The van der Waals surface area contributed by atoms with E-state index in [1.807, 2.05) is 6.92 Å². The van der Waals surface area contributed by atoms with Gasteiger partial charge in [0, 0.05) is 6.04 Å². The standard InChI is InChI=1S/C15H25NO3S/c1-5-11(2)9-12(3)16-20(18,19)15-8-6-7-14(10-15)13(4)17/h6-8,10-13,16-17H,5,9H2,1-4H3. The molecule has 0 aliphatic rings. The summed E-state index contributed by atoms with van der Waals surface area (Å²) in [4.78, 5) is 0.201. The summed E-state index contributed by atoms with van der Waals surface area (Å²) in [6.45, 7) is 7.70. The molecule has 1 aromatic rings. The number of rotatable bonds is 7. The van der Waals surface area contributed by atoms with Gasteiger partial charge in [-0.1, -0.05) is 32.4 Å². The molecule has 4 nitrogen and oxygen atoms in total. The molecule has 0 radical (unpaired) electrons. The third-order valence-electron chi connectivity index (χ3n) is 3.46. The van der Waals surface area contributed by atoms with Crippen molar-refractivity contribution >= 4 is 10.0 Å². The summed E-state index contributed by atoms with van der Waals surface area (Å²) in [5.41, 5.74) is 0.599. The number of hydrogen-bond acceptors (Lipinski definition) is 3. The Bertz CT molecular complexity index is 526. The van der Waals surface area contributed by atoms with Crippen LogP contribution in [-0.2, 0) is 10.0 Å². The van der Waals surface area contributed by atoms with Gasteiger partial charge in [-0.3, -0.25) is 0 Å². The monoisotopic (exact) mass is 299 g/mol. The van der Waals surface area contributed by atoms with E-state index in [0.29, 0.717) is 11.5 Å². The second kappa shape index (κ2) is 7.20. The average Bonchev–Trinajstić information content (AvgIpc) is 2.37. The first-order chi connectivity index (χ1) is 9.26. The summed E-state index contributed by atoms with van der Waals surface area (Å²) >= 11 is 0. The van der Waals surface area contributed by atoms with Crippen molar-refractivity contribution in [2.75, 3.05) is 0 Å². The van der Waals surface area contributed by atoms with E-state index in [1.54, 1.807) is 25.1 Å². The second-order valence-electron chi connectivity index (χ2n) is 5.52. The lowest BCUT2D eigenvalue weighted by Gasteiger charge is -2.18. The SMILES string of the molecule is CCC(C)CC(C)NS(=O)(=O)c1cccc(C(C)O)c1. The van der Waals surface area contributed by atoms with Crippen molar-refractivity contribution in [3.05, 3.63) is 29.8 Å². The fourth-order valence-electron chi connectivity index (χ4n) is 2.09. The van der Waals surface area contributed by atoms with E-state index >= 15 is 0 Å². The van der Waals surface area contributed by atoms with Crippen LogP contribution < -0.4 is 4.72 Å². The van der Waals surface area contributed by atoms with E-state index in [1.165, 1.54) is 6.07 Å². The molecule has 114 valence electrons. The molecule has 0 amide bonds. The maximum atomic E-state index is 12.3. The van der Waals surface area contributed by atoms with Crippen LogP contribution >= 0.6 is 0 Å². The van der Waals surface area contributed by atoms with Crippen LogP contribution in [0.4, 0.5) is 0 Å². The number of nitrogens with one attached hydrogen (secondary N) is 1. The first-order valence-corrected chi connectivity index (χ1v) is 8.55. The molecule has 0 bridgehead atoms. The zero-order chi connectivity index (χ0) is 15.3. The minimum Gasteiger partial charge on any atom is -0.389 e. The minimum absolute atomic E-state index is 0.106. The van der Waals surface area contributed by atoms with Gasteiger partial charge in [-0.2, -0.15) is 0 Å². The molecule has 1 rings (SSSR count). The maximum Gasteiger partial charge on any atom is 0.240 e. The topological polar surface area (TPSA) is 66.4 Å². The lowest BCUT2D eigenvalue weighted by molar-refractivity contribution is 0.199. The summed E-state index contributed by atoms with van der Waals surface area (Å²) in [6.07, 6.45) is 1.16. The summed E-state index contributed by atoms with van der Waals surface area (Å²) in [7, 11) is -3.53. The normalized spacial score (nSPS) is 16.6. The third kappa shape index (κ3) is 4.89. The Hall–Kier alpha value is -0.910. The fraction of sp³-hybridized carbons (Fsp3) is 0.600. The van der Waals surface area contributed by atoms with E-state index in [4.69, 9.17) is 0 Å². The van der Waals surface area contributed by atoms with Crippen LogP contribution in [0.5, 0.6) is 0 Å². The smallest absolute Gasteiger partial charge is 0.240 e. The molecule has 20 heavy (non-hydrogen) atoms. The molecule has 3 unspecified atom stereocenters. The van der Waals surface area contributed by atoms with Crippen LogP contribution in [0, 0.1) is 5.92 Å². The largest absolute Gasteiger partial charge is 0.389 e. The quantitative estimate of drug-likeness (QED) is 0.813. The van der Waals surface area contributed by atoms with Gasteiger partial charge in [-0.05, 0) is 43.9 Å². The van der Waals surface area contributed by atoms with Crippen molar-refractivity contribution in [3.63, 3.8) is 0 Å². The summed E-state index contributed by atoms with van der Waals surface area (Å²) in [5.74, 6) is 0.483. The highest BCUT2D eigenvalue weighted by Crippen LogP contribution is 2.18. The molecule has 0 aromatic heterocycles. The van der Waals surface area contributed by atoms with Crippen LogP contribution in [0.15, 0.2) is 29.2 Å². The Morgan fingerprint density at radius 3 is 2.45 bits per heavy atom. The average molecular weight is 299 g/mol. The summed E-state index contributed by atoms with van der Waals surface area (Å²) < 4.78 is 27.3. The first-order valence-electron chi connectivity index (χ1n) is 7.06. The van der Waals surface area contributed by atoms with Gasteiger partial charge in [-0.25, -0.2) is 13.1 Å². The molecule has 0 heterocycles. The van der Waals surface area contributed by atoms with Gasteiger partial charge >= 0.3 is 0 Å². The van der Waals surface area contributed by atoms with E-state index in [0.717, 1.165) is 12.8 Å². The molecule has 5 heteroatoms. The van der Waals surface area contributed by atoms with Crippen molar-refractivity contribution < 1.29 is 13.5 Å². The highest BCUT2D eigenvalue weighted by Gasteiger charge is 2.19. The van der Waals surface area contributed by atoms with Crippen molar-refractivity contribution in [2.45, 2.75) is 57.6 Å². The van der Waals surface area contributed by atoms with Gasteiger partial charge in [-0.15, -0.1) is 0 Å². The predicted molar refractivity (Wildman–Crippen MR) is 80.9 cm³/mol. The molecule has 0 aliphatic carbocycles. The zero-order valence-electron chi connectivity index (χ0n) is 12.6. The van der Waals surface area contributed by atoms with E-state index in [9.17, 15) is 13.5 Å². The van der Waals surface area contributed by atoms with Crippen molar-refractivity contribution in [2.24, 2.45) is 5.92 Å². The van der Waals surface area contributed by atoms with Crippen LogP contribution in [0.3, 0.4) is 0 Å². The van der Waals surface area contributed by atoms with Gasteiger partial charge in [0.15, 0.2) is 0 Å². The first kappa shape index (κ1) is 17.1.